The molecule has 5 nitrogen and oxygen atoms in total. The molecule has 1 aliphatic carbocycles. The topological polar surface area (TPSA) is 69.2 Å². The molecule has 152 valence electrons. The maximum absolute atomic E-state index is 11.4. The zero-order valence-corrected chi connectivity index (χ0v) is 17.0. The number of carboxylic acid groups (broad SMARTS) is 1. The minimum atomic E-state index is -0.670. The number of aliphatic carboxylic acids is 1. The van der Waals surface area contributed by atoms with Crippen LogP contribution in [0.3, 0.4) is 0 Å². The van der Waals surface area contributed by atoms with Crippen molar-refractivity contribution in [3.63, 3.8) is 0 Å². The quantitative estimate of drug-likeness (QED) is 0.775. The molecule has 1 aliphatic heterocycles. The fourth-order valence-corrected chi connectivity index (χ4v) is 5.30. The third kappa shape index (κ3) is 4.75. The summed E-state index contributed by atoms with van der Waals surface area (Å²) in [4.78, 5) is 22.3. The summed E-state index contributed by atoms with van der Waals surface area (Å²) in [5, 5.41) is 9.38. The molecule has 1 aromatic carbocycles. The van der Waals surface area contributed by atoms with Gasteiger partial charge in [-0.1, -0.05) is 25.3 Å². The number of likely N-dealkylation sites (tertiary alicyclic amines) is 1. The monoisotopic (exact) mass is 383 g/mol. The number of carboxylic acids is 1. The van der Waals surface area contributed by atoms with E-state index in [-0.39, 0.29) is 12.3 Å². The number of nitrogens with zero attached hydrogens (tertiary/aromatic N) is 2. The number of H-pyrrole nitrogens is 1. The van der Waals surface area contributed by atoms with Gasteiger partial charge in [-0.25, -0.2) is 4.98 Å². The molecule has 28 heavy (non-hydrogen) atoms. The standard InChI is InChI=1S/C23H33N3O2/c1-16-7-8-20-21(11-16)25-22(24-20)12-19-15-26(10-9-18(19)13-23(27)28)14-17-5-3-2-4-6-17/h7-8,11,17-19H,2-6,9-10,12-15H2,1H3,(H,24,25)(H,27,28). The number of nitrogens with one attached hydrogen (secondary N) is 1. The highest BCUT2D eigenvalue weighted by atomic mass is 16.4. The van der Waals surface area contributed by atoms with Crippen LogP contribution in [0.1, 0.15) is 56.3 Å². The highest BCUT2D eigenvalue weighted by Crippen LogP contribution is 2.32. The van der Waals surface area contributed by atoms with E-state index in [0.717, 1.165) is 48.7 Å². The number of hydrogen-bond acceptors (Lipinski definition) is 3. The molecule has 0 bridgehead atoms. The van der Waals surface area contributed by atoms with Crippen LogP contribution in [0.2, 0.25) is 0 Å². The van der Waals surface area contributed by atoms with E-state index < -0.39 is 5.97 Å². The molecular formula is C23H33N3O2. The molecule has 5 heteroatoms. The third-order valence-corrected chi connectivity index (χ3v) is 6.80. The molecule has 2 N–H and O–H groups in total. The number of fused-ring (bicyclic) bond motifs is 1. The van der Waals surface area contributed by atoms with Crippen LogP contribution in [0.4, 0.5) is 0 Å². The van der Waals surface area contributed by atoms with Gasteiger partial charge in [0.1, 0.15) is 5.82 Å². The lowest BCUT2D eigenvalue weighted by Gasteiger charge is -2.40. The lowest BCUT2D eigenvalue weighted by molar-refractivity contribution is -0.139. The largest absolute Gasteiger partial charge is 0.481 e. The van der Waals surface area contributed by atoms with E-state index in [4.69, 9.17) is 4.98 Å². The van der Waals surface area contributed by atoms with Crippen molar-refractivity contribution < 1.29 is 9.90 Å². The second-order valence-electron chi connectivity index (χ2n) is 9.08. The summed E-state index contributed by atoms with van der Waals surface area (Å²) in [6.07, 6.45) is 8.98. The molecule has 2 fully saturated rings. The average Bonchev–Trinajstić information content (AvgIpc) is 3.06. The van der Waals surface area contributed by atoms with Crippen molar-refractivity contribution in [3.05, 3.63) is 29.6 Å². The van der Waals surface area contributed by atoms with Crippen LogP contribution < -0.4 is 0 Å². The first-order valence-electron chi connectivity index (χ1n) is 11.0. The molecular weight excluding hydrogens is 350 g/mol. The normalized spacial score (nSPS) is 24.6. The lowest BCUT2D eigenvalue weighted by Crippen LogP contribution is -2.44. The molecule has 0 radical (unpaired) electrons. The summed E-state index contributed by atoms with van der Waals surface area (Å²) in [6.45, 7) is 5.33. The summed E-state index contributed by atoms with van der Waals surface area (Å²) in [5.74, 6) is 1.77. The number of aromatic nitrogens is 2. The number of piperidine rings is 1. The Morgan fingerprint density at radius 2 is 2.04 bits per heavy atom. The molecule has 0 amide bonds. The van der Waals surface area contributed by atoms with E-state index in [1.807, 2.05) is 0 Å². The van der Waals surface area contributed by atoms with Gasteiger partial charge < -0.3 is 15.0 Å². The van der Waals surface area contributed by atoms with Gasteiger partial charge in [-0.15, -0.1) is 0 Å². The average molecular weight is 384 g/mol. The molecule has 2 unspecified atom stereocenters. The number of carbonyl (C=O) groups is 1. The molecule has 2 aliphatic rings. The fraction of sp³-hybridized carbons (Fsp3) is 0.652. The first kappa shape index (κ1) is 19.4. The zero-order valence-electron chi connectivity index (χ0n) is 17.0. The molecule has 2 aromatic rings. The summed E-state index contributed by atoms with van der Waals surface area (Å²) >= 11 is 0. The van der Waals surface area contributed by atoms with Crippen molar-refractivity contribution in [2.45, 2.75) is 58.3 Å². The SMILES string of the molecule is Cc1ccc2nc(CC3CN(CC4CCCCC4)CCC3CC(=O)O)[nH]c2c1. The Kier molecular flexibility index (Phi) is 6.00. The van der Waals surface area contributed by atoms with Crippen LogP contribution in [-0.4, -0.2) is 45.6 Å². The van der Waals surface area contributed by atoms with Crippen LogP contribution in [-0.2, 0) is 11.2 Å². The molecule has 0 spiro atoms. The highest BCUT2D eigenvalue weighted by molar-refractivity contribution is 5.75. The van der Waals surface area contributed by atoms with Crippen molar-refractivity contribution in [2.24, 2.45) is 17.8 Å². The Labute approximate surface area is 167 Å². The summed E-state index contributed by atoms with van der Waals surface area (Å²) < 4.78 is 0. The Bertz CT molecular complexity index is 809. The number of benzene rings is 1. The molecule has 2 atom stereocenters. The Morgan fingerprint density at radius 3 is 2.82 bits per heavy atom. The van der Waals surface area contributed by atoms with Gasteiger partial charge in [-0.05, 0) is 68.2 Å². The van der Waals surface area contributed by atoms with Gasteiger partial charge >= 0.3 is 5.97 Å². The number of aryl methyl sites for hydroxylation is 1. The molecule has 1 saturated heterocycles. The summed E-state index contributed by atoms with van der Waals surface area (Å²) in [6, 6.07) is 6.29. The van der Waals surface area contributed by atoms with Gasteiger partial charge in [0.2, 0.25) is 0 Å². The van der Waals surface area contributed by atoms with Gasteiger partial charge in [0, 0.05) is 25.9 Å². The van der Waals surface area contributed by atoms with Crippen molar-refractivity contribution in [3.8, 4) is 0 Å². The molecule has 2 heterocycles. The zero-order chi connectivity index (χ0) is 19.5. The number of rotatable bonds is 6. The van der Waals surface area contributed by atoms with Gasteiger partial charge in [0.05, 0.1) is 11.0 Å². The third-order valence-electron chi connectivity index (χ3n) is 6.80. The first-order chi connectivity index (χ1) is 13.6. The smallest absolute Gasteiger partial charge is 0.303 e. The number of aromatic amines is 1. The second-order valence-corrected chi connectivity index (χ2v) is 9.08. The summed E-state index contributed by atoms with van der Waals surface area (Å²) in [5.41, 5.74) is 3.31. The van der Waals surface area contributed by atoms with Gasteiger partial charge in [-0.3, -0.25) is 4.79 Å². The Balaban J connectivity index is 1.46. The van der Waals surface area contributed by atoms with E-state index in [0.29, 0.717) is 5.92 Å². The highest BCUT2D eigenvalue weighted by Gasteiger charge is 2.32. The molecule has 1 saturated carbocycles. The van der Waals surface area contributed by atoms with Crippen LogP contribution in [0.5, 0.6) is 0 Å². The number of hydrogen-bond donors (Lipinski definition) is 2. The predicted molar refractivity (Wildman–Crippen MR) is 111 cm³/mol. The first-order valence-corrected chi connectivity index (χ1v) is 11.0. The lowest BCUT2D eigenvalue weighted by atomic mass is 9.80. The Hall–Kier alpha value is -1.88. The van der Waals surface area contributed by atoms with E-state index in [1.54, 1.807) is 0 Å². The molecule has 1 aromatic heterocycles. The predicted octanol–water partition coefficient (Wildman–Crippen LogP) is 4.41. The van der Waals surface area contributed by atoms with Gasteiger partial charge in [0.15, 0.2) is 0 Å². The van der Waals surface area contributed by atoms with Crippen LogP contribution in [0.25, 0.3) is 11.0 Å². The van der Waals surface area contributed by atoms with E-state index >= 15 is 0 Å². The maximum Gasteiger partial charge on any atom is 0.303 e. The van der Waals surface area contributed by atoms with Crippen LogP contribution in [0.15, 0.2) is 18.2 Å². The maximum atomic E-state index is 11.4. The molecule has 4 rings (SSSR count). The summed E-state index contributed by atoms with van der Waals surface area (Å²) in [7, 11) is 0. The van der Waals surface area contributed by atoms with Crippen molar-refractivity contribution in [1.29, 1.82) is 0 Å². The number of imidazole rings is 1. The second kappa shape index (κ2) is 8.64. The van der Waals surface area contributed by atoms with Crippen LogP contribution in [0, 0.1) is 24.7 Å². The van der Waals surface area contributed by atoms with Gasteiger partial charge in [0.25, 0.3) is 0 Å². The van der Waals surface area contributed by atoms with E-state index in [2.05, 4.69) is 35.0 Å². The fourth-order valence-electron chi connectivity index (χ4n) is 5.30. The minimum absolute atomic E-state index is 0.245. The van der Waals surface area contributed by atoms with Crippen LogP contribution >= 0.6 is 0 Å². The van der Waals surface area contributed by atoms with E-state index in [1.165, 1.54) is 44.2 Å². The minimum Gasteiger partial charge on any atom is -0.481 e. The van der Waals surface area contributed by atoms with Gasteiger partial charge in [-0.2, -0.15) is 0 Å². The Morgan fingerprint density at radius 1 is 1.21 bits per heavy atom. The van der Waals surface area contributed by atoms with Crippen molar-refractivity contribution in [1.82, 2.24) is 14.9 Å². The van der Waals surface area contributed by atoms with E-state index in [9.17, 15) is 9.90 Å². The van der Waals surface area contributed by atoms with Crippen molar-refractivity contribution in [2.75, 3.05) is 19.6 Å². The van der Waals surface area contributed by atoms with Crippen molar-refractivity contribution >= 4 is 17.0 Å².